The molecule has 7 nitrogen and oxygen atoms in total. The van der Waals surface area contributed by atoms with Crippen LogP contribution in [0.5, 0.6) is 0 Å². The van der Waals surface area contributed by atoms with Crippen LogP contribution in [0.2, 0.25) is 0 Å². The van der Waals surface area contributed by atoms with Crippen molar-refractivity contribution in [2.24, 2.45) is 11.7 Å². The predicted octanol–water partition coefficient (Wildman–Crippen LogP) is 4.76. The molecular formula is C27H33N3O4. The summed E-state index contributed by atoms with van der Waals surface area (Å²) in [4.78, 5) is 38.0. The molecule has 0 aliphatic rings. The van der Waals surface area contributed by atoms with E-state index in [-0.39, 0.29) is 18.0 Å². The van der Waals surface area contributed by atoms with Gasteiger partial charge in [0.1, 0.15) is 5.60 Å². The second-order valence-electron chi connectivity index (χ2n) is 9.98. The molecule has 2 aromatic carbocycles. The Morgan fingerprint density at radius 3 is 2.26 bits per heavy atom. The molecule has 34 heavy (non-hydrogen) atoms. The maximum atomic E-state index is 13.6. The number of nitrogens with zero attached hydrogens (tertiary/aromatic N) is 1. The van der Waals surface area contributed by atoms with Gasteiger partial charge >= 0.3 is 6.09 Å². The van der Waals surface area contributed by atoms with Gasteiger partial charge in [-0.25, -0.2) is 4.79 Å². The molecule has 0 saturated heterocycles. The highest BCUT2D eigenvalue weighted by molar-refractivity contribution is 6.03. The van der Waals surface area contributed by atoms with Gasteiger partial charge in [0.05, 0.1) is 6.54 Å². The molecule has 2 amide bonds. The number of aromatic nitrogens is 1. The van der Waals surface area contributed by atoms with Gasteiger partial charge in [-0.2, -0.15) is 0 Å². The van der Waals surface area contributed by atoms with Crippen molar-refractivity contribution < 1.29 is 14.3 Å². The number of primary amides is 1. The lowest BCUT2D eigenvalue weighted by molar-refractivity contribution is 0.0522. The van der Waals surface area contributed by atoms with Gasteiger partial charge in [0.15, 0.2) is 0 Å². The normalized spacial score (nSPS) is 11.6. The molecule has 3 rings (SSSR count). The summed E-state index contributed by atoms with van der Waals surface area (Å²) in [6.45, 7) is 12.0. The molecule has 1 heterocycles. The molecule has 1 aromatic heterocycles. The Bertz CT molecular complexity index is 1280. The van der Waals surface area contributed by atoms with Gasteiger partial charge in [-0.3, -0.25) is 9.59 Å². The van der Waals surface area contributed by atoms with Crippen LogP contribution in [0.15, 0.2) is 47.3 Å². The van der Waals surface area contributed by atoms with E-state index in [0.29, 0.717) is 28.6 Å². The maximum absolute atomic E-state index is 13.6. The summed E-state index contributed by atoms with van der Waals surface area (Å²) in [5.41, 5.74) is 8.40. The third-order valence-corrected chi connectivity index (χ3v) is 5.35. The number of aryl methyl sites for hydroxylation is 1. The first kappa shape index (κ1) is 25.0. The summed E-state index contributed by atoms with van der Waals surface area (Å²) in [7, 11) is 0. The number of rotatable bonds is 6. The van der Waals surface area contributed by atoms with E-state index in [9.17, 15) is 14.4 Å². The smallest absolute Gasteiger partial charge is 0.407 e. The summed E-state index contributed by atoms with van der Waals surface area (Å²) < 4.78 is 7.12. The molecule has 0 spiro atoms. The van der Waals surface area contributed by atoms with Crippen LogP contribution in [0.3, 0.4) is 0 Å². The maximum Gasteiger partial charge on any atom is 0.407 e. The lowest BCUT2D eigenvalue weighted by Gasteiger charge is -2.23. The number of ether oxygens (including phenoxy) is 1. The quantitative estimate of drug-likeness (QED) is 0.550. The first-order valence-corrected chi connectivity index (χ1v) is 11.4. The van der Waals surface area contributed by atoms with Crippen LogP contribution < -0.4 is 16.6 Å². The highest BCUT2D eigenvalue weighted by atomic mass is 16.6. The zero-order valence-electron chi connectivity index (χ0n) is 20.7. The lowest BCUT2D eigenvalue weighted by atomic mass is 9.94. The van der Waals surface area contributed by atoms with Crippen molar-refractivity contribution in [1.82, 2.24) is 9.88 Å². The molecule has 0 bridgehead atoms. The molecule has 7 heteroatoms. The number of nitrogens with one attached hydrogen (secondary N) is 1. The molecule has 0 aliphatic heterocycles. The Morgan fingerprint density at radius 1 is 1.06 bits per heavy atom. The van der Waals surface area contributed by atoms with E-state index >= 15 is 0 Å². The standard InChI is InChI=1S/C27H33N3O4/c1-16(2)15-30-22(14-29-26(33)34-27(4,5)6)23(18-9-7-17(3)8-10-18)21-13-19(24(28)31)11-12-20(21)25(30)32/h7-13,16H,14-15H2,1-6H3,(H2,28,31)(H,29,33). The minimum absolute atomic E-state index is 0.0802. The number of fused-ring (bicyclic) bond motifs is 1. The van der Waals surface area contributed by atoms with Gasteiger partial charge in [0.25, 0.3) is 5.56 Å². The molecule has 0 radical (unpaired) electrons. The summed E-state index contributed by atoms with van der Waals surface area (Å²) in [5, 5.41) is 3.91. The van der Waals surface area contributed by atoms with E-state index in [0.717, 1.165) is 16.7 Å². The Morgan fingerprint density at radius 2 is 1.71 bits per heavy atom. The largest absolute Gasteiger partial charge is 0.444 e. The summed E-state index contributed by atoms with van der Waals surface area (Å²) in [5.74, 6) is -0.386. The number of nitrogens with two attached hydrogens (primary N) is 1. The molecular weight excluding hydrogens is 430 g/mol. The number of pyridine rings is 1. The molecule has 0 unspecified atom stereocenters. The number of alkyl carbamates (subject to hydrolysis) is 1. The molecule has 3 aromatic rings. The zero-order valence-corrected chi connectivity index (χ0v) is 20.7. The SMILES string of the molecule is Cc1ccc(-c2c(CNC(=O)OC(C)(C)C)n(CC(C)C)c(=O)c3ccc(C(N)=O)cc23)cc1. The monoisotopic (exact) mass is 463 g/mol. The molecule has 180 valence electrons. The van der Waals surface area contributed by atoms with E-state index in [4.69, 9.17) is 10.5 Å². The van der Waals surface area contributed by atoms with Gasteiger partial charge in [-0.1, -0.05) is 43.7 Å². The Balaban J connectivity index is 2.32. The number of hydrogen-bond donors (Lipinski definition) is 2. The van der Waals surface area contributed by atoms with Gasteiger partial charge < -0.3 is 20.4 Å². The fraction of sp³-hybridized carbons (Fsp3) is 0.370. The van der Waals surface area contributed by atoms with E-state index in [1.54, 1.807) is 43.5 Å². The molecule has 0 atom stereocenters. The lowest BCUT2D eigenvalue weighted by Crippen LogP contribution is -2.35. The minimum atomic E-state index is -0.652. The molecule has 3 N–H and O–H groups in total. The minimum Gasteiger partial charge on any atom is -0.444 e. The average molecular weight is 464 g/mol. The zero-order chi connectivity index (χ0) is 25.2. The number of amides is 2. The number of hydrogen-bond acceptors (Lipinski definition) is 4. The van der Waals surface area contributed by atoms with Crippen LogP contribution >= 0.6 is 0 Å². The number of carbonyl (C=O) groups excluding carboxylic acids is 2. The van der Waals surface area contributed by atoms with Gasteiger partial charge in [0.2, 0.25) is 5.91 Å². The fourth-order valence-electron chi connectivity index (χ4n) is 3.90. The van der Waals surface area contributed by atoms with Crippen LogP contribution in [-0.4, -0.2) is 22.2 Å². The summed E-state index contributed by atoms with van der Waals surface area (Å²) in [6, 6.07) is 12.8. The van der Waals surface area contributed by atoms with Crippen LogP contribution in [0.1, 0.15) is 56.2 Å². The van der Waals surface area contributed by atoms with E-state index in [1.165, 1.54) is 0 Å². The van der Waals surface area contributed by atoms with E-state index in [1.807, 2.05) is 45.0 Å². The van der Waals surface area contributed by atoms with Crippen molar-refractivity contribution in [3.63, 3.8) is 0 Å². The Labute approximate surface area is 199 Å². The Kier molecular flexibility index (Phi) is 7.15. The first-order valence-electron chi connectivity index (χ1n) is 11.4. The second kappa shape index (κ2) is 9.71. The average Bonchev–Trinajstić information content (AvgIpc) is 2.73. The predicted molar refractivity (Wildman–Crippen MR) is 135 cm³/mol. The van der Waals surface area contributed by atoms with E-state index < -0.39 is 17.6 Å². The first-order chi connectivity index (χ1) is 15.9. The fourth-order valence-corrected chi connectivity index (χ4v) is 3.90. The van der Waals surface area contributed by atoms with Crippen molar-refractivity contribution in [3.8, 4) is 11.1 Å². The third kappa shape index (κ3) is 5.65. The van der Waals surface area contributed by atoms with Crippen molar-refractivity contribution in [3.05, 3.63) is 69.6 Å². The van der Waals surface area contributed by atoms with Crippen molar-refractivity contribution in [2.75, 3.05) is 0 Å². The van der Waals surface area contributed by atoms with Crippen molar-refractivity contribution in [1.29, 1.82) is 0 Å². The van der Waals surface area contributed by atoms with Gasteiger partial charge in [-0.15, -0.1) is 0 Å². The topological polar surface area (TPSA) is 103 Å². The van der Waals surface area contributed by atoms with Crippen molar-refractivity contribution in [2.45, 2.75) is 60.2 Å². The van der Waals surface area contributed by atoms with Crippen molar-refractivity contribution >= 4 is 22.8 Å². The highest BCUT2D eigenvalue weighted by Crippen LogP contribution is 2.32. The second-order valence-corrected chi connectivity index (χ2v) is 9.98. The van der Waals surface area contributed by atoms with Crippen LogP contribution in [0.25, 0.3) is 21.9 Å². The molecule has 0 aliphatic carbocycles. The Hall–Kier alpha value is -3.61. The van der Waals surface area contributed by atoms with Crippen LogP contribution in [0.4, 0.5) is 4.79 Å². The van der Waals surface area contributed by atoms with Gasteiger partial charge in [0, 0.05) is 28.8 Å². The molecule has 0 fully saturated rings. The van der Waals surface area contributed by atoms with Crippen LogP contribution in [-0.2, 0) is 17.8 Å². The summed E-state index contributed by atoms with van der Waals surface area (Å²) >= 11 is 0. The highest BCUT2D eigenvalue weighted by Gasteiger charge is 2.22. The molecule has 0 saturated carbocycles. The number of benzene rings is 2. The van der Waals surface area contributed by atoms with Crippen LogP contribution in [0, 0.1) is 12.8 Å². The summed E-state index contributed by atoms with van der Waals surface area (Å²) in [6.07, 6.45) is -0.572. The number of carbonyl (C=O) groups is 2. The van der Waals surface area contributed by atoms with Gasteiger partial charge in [-0.05, 0) is 62.8 Å². The van der Waals surface area contributed by atoms with E-state index in [2.05, 4.69) is 5.32 Å². The third-order valence-electron chi connectivity index (χ3n) is 5.35.